The largest absolute Gasteiger partial charge is 0.347 e. The number of aromatic nitrogens is 3. The van der Waals surface area contributed by atoms with Gasteiger partial charge in [0.15, 0.2) is 0 Å². The van der Waals surface area contributed by atoms with E-state index >= 15 is 0 Å². The number of benzene rings is 2. The van der Waals surface area contributed by atoms with E-state index in [1.165, 1.54) is 17.7 Å². The number of carbonyl (C=O) groups is 1. The number of H-pyrrole nitrogens is 1. The molecule has 30 heavy (non-hydrogen) atoms. The van der Waals surface area contributed by atoms with Crippen LogP contribution in [-0.2, 0) is 13.0 Å². The highest BCUT2D eigenvalue weighted by molar-refractivity contribution is 6.02. The maximum absolute atomic E-state index is 13.4. The van der Waals surface area contributed by atoms with E-state index in [9.17, 15) is 9.18 Å². The number of halogens is 1. The van der Waals surface area contributed by atoms with E-state index in [1.807, 2.05) is 30.3 Å². The summed E-state index contributed by atoms with van der Waals surface area (Å²) in [6.45, 7) is 2.51. The van der Waals surface area contributed by atoms with Gasteiger partial charge < -0.3 is 5.32 Å². The minimum Gasteiger partial charge on any atom is -0.347 e. The Kier molecular flexibility index (Phi) is 5.66. The first-order chi connectivity index (χ1) is 14.7. The lowest BCUT2D eigenvalue weighted by atomic mass is 9.99. The number of aromatic amines is 1. The SMILES string of the molecule is CCc1ccccc1CNC(=O)c1[nH]nc(-c2ccc(F)cc2)c1-c1ccncc1. The van der Waals surface area contributed by atoms with Crippen LogP contribution in [0.25, 0.3) is 22.4 Å². The number of carbonyl (C=O) groups excluding carboxylic acids is 1. The molecule has 5 nitrogen and oxygen atoms in total. The molecule has 0 atom stereocenters. The molecule has 0 fully saturated rings. The van der Waals surface area contributed by atoms with Crippen LogP contribution >= 0.6 is 0 Å². The Morgan fingerprint density at radius 1 is 0.967 bits per heavy atom. The van der Waals surface area contributed by atoms with Gasteiger partial charge >= 0.3 is 0 Å². The summed E-state index contributed by atoms with van der Waals surface area (Å²) < 4.78 is 13.4. The van der Waals surface area contributed by atoms with E-state index in [4.69, 9.17) is 0 Å². The molecule has 150 valence electrons. The first kappa shape index (κ1) is 19.5. The third kappa shape index (κ3) is 3.98. The fourth-order valence-electron chi connectivity index (χ4n) is 3.46. The minimum atomic E-state index is -0.327. The molecule has 0 bridgehead atoms. The molecule has 2 aromatic carbocycles. The number of aryl methyl sites for hydroxylation is 1. The van der Waals surface area contributed by atoms with Crippen LogP contribution in [0.2, 0.25) is 0 Å². The Morgan fingerprint density at radius 2 is 1.67 bits per heavy atom. The van der Waals surface area contributed by atoms with Gasteiger partial charge in [0, 0.05) is 30.1 Å². The standard InChI is InChI=1S/C24H21FN4O/c1-2-16-5-3-4-6-19(16)15-27-24(30)23-21(17-11-13-26-14-12-17)22(28-29-23)18-7-9-20(25)10-8-18/h3-14H,2,15H2,1H3,(H,27,30)(H,28,29). The second-order valence-electron chi connectivity index (χ2n) is 6.87. The minimum absolute atomic E-state index is 0.256. The van der Waals surface area contributed by atoms with Gasteiger partial charge in [-0.25, -0.2) is 4.39 Å². The molecule has 0 aliphatic heterocycles. The summed E-state index contributed by atoms with van der Waals surface area (Å²) in [5, 5.41) is 10.2. The van der Waals surface area contributed by atoms with Crippen molar-refractivity contribution in [3.05, 3.63) is 95.7 Å². The number of hydrogen-bond donors (Lipinski definition) is 2. The highest BCUT2D eigenvalue weighted by Gasteiger charge is 2.22. The fraction of sp³-hybridized carbons (Fsp3) is 0.125. The molecule has 6 heteroatoms. The zero-order chi connectivity index (χ0) is 20.9. The van der Waals surface area contributed by atoms with E-state index < -0.39 is 0 Å². The lowest BCUT2D eigenvalue weighted by Crippen LogP contribution is -2.24. The number of hydrogen-bond acceptors (Lipinski definition) is 3. The van der Waals surface area contributed by atoms with Gasteiger partial charge in [-0.05, 0) is 59.5 Å². The third-order valence-electron chi connectivity index (χ3n) is 5.02. The molecule has 0 aliphatic carbocycles. The van der Waals surface area contributed by atoms with E-state index in [0.717, 1.165) is 23.1 Å². The Hall–Kier alpha value is -3.80. The molecule has 1 amide bonds. The lowest BCUT2D eigenvalue weighted by Gasteiger charge is -2.10. The highest BCUT2D eigenvalue weighted by Crippen LogP contribution is 2.33. The molecule has 0 spiro atoms. The van der Waals surface area contributed by atoms with Gasteiger partial charge in [0.25, 0.3) is 5.91 Å². The quantitative estimate of drug-likeness (QED) is 0.490. The zero-order valence-electron chi connectivity index (χ0n) is 16.5. The van der Waals surface area contributed by atoms with Crippen molar-refractivity contribution in [2.45, 2.75) is 19.9 Å². The van der Waals surface area contributed by atoms with E-state index in [1.54, 1.807) is 24.5 Å². The average molecular weight is 400 g/mol. The average Bonchev–Trinajstić information content (AvgIpc) is 3.24. The third-order valence-corrected chi connectivity index (χ3v) is 5.02. The second-order valence-corrected chi connectivity index (χ2v) is 6.87. The van der Waals surface area contributed by atoms with Crippen molar-refractivity contribution in [1.82, 2.24) is 20.5 Å². The molecule has 2 aromatic heterocycles. The second kappa shape index (κ2) is 8.69. The van der Waals surface area contributed by atoms with Gasteiger partial charge in [-0.1, -0.05) is 31.2 Å². The first-order valence-corrected chi connectivity index (χ1v) is 9.77. The van der Waals surface area contributed by atoms with Gasteiger partial charge in [-0.2, -0.15) is 5.10 Å². The monoisotopic (exact) mass is 400 g/mol. The van der Waals surface area contributed by atoms with Gasteiger partial charge in [0.1, 0.15) is 17.2 Å². The number of rotatable bonds is 6. The molecule has 0 saturated carbocycles. The maximum atomic E-state index is 13.4. The van der Waals surface area contributed by atoms with Crippen LogP contribution in [-0.4, -0.2) is 21.1 Å². The smallest absolute Gasteiger partial charge is 0.270 e. The van der Waals surface area contributed by atoms with Crippen molar-refractivity contribution in [2.24, 2.45) is 0 Å². The molecule has 2 heterocycles. The predicted octanol–water partition coefficient (Wildman–Crippen LogP) is 4.77. The predicted molar refractivity (Wildman–Crippen MR) is 114 cm³/mol. The molecule has 0 unspecified atom stereocenters. The van der Waals surface area contributed by atoms with E-state index in [2.05, 4.69) is 33.5 Å². The van der Waals surface area contributed by atoms with Crippen LogP contribution in [0.4, 0.5) is 4.39 Å². The van der Waals surface area contributed by atoms with Crippen LogP contribution in [0.1, 0.15) is 28.5 Å². The molecule has 4 rings (SSSR count). The molecule has 0 saturated heterocycles. The van der Waals surface area contributed by atoms with Gasteiger partial charge in [-0.15, -0.1) is 0 Å². The summed E-state index contributed by atoms with van der Waals surface area (Å²) in [5.74, 6) is -0.583. The molecular formula is C24H21FN4O. The summed E-state index contributed by atoms with van der Waals surface area (Å²) in [4.78, 5) is 17.1. The summed E-state index contributed by atoms with van der Waals surface area (Å²) in [6, 6.07) is 17.7. The molecular weight excluding hydrogens is 379 g/mol. The van der Waals surface area contributed by atoms with Crippen molar-refractivity contribution in [3.8, 4) is 22.4 Å². The lowest BCUT2D eigenvalue weighted by molar-refractivity contribution is 0.0946. The summed E-state index contributed by atoms with van der Waals surface area (Å²) in [6.07, 6.45) is 4.22. The fourth-order valence-corrected chi connectivity index (χ4v) is 3.46. The number of pyridine rings is 1. The molecule has 4 aromatic rings. The van der Waals surface area contributed by atoms with Crippen molar-refractivity contribution in [1.29, 1.82) is 0 Å². The zero-order valence-corrected chi connectivity index (χ0v) is 16.5. The van der Waals surface area contributed by atoms with Crippen molar-refractivity contribution < 1.29 is 9.18 Å². The maximum Gasteiger partial charge on any atom is 0.270 e. The molecule has 2 N–H and O–H groups in total. The van der Waals surface area contributed by atoms with E-state index in [0.29, 0.717) is 23.5 Å². The summed E-state index contributed by atoms with van der Waals surface area (Å²) >= 11 is 0. The van der Waals surface area contributed by atoms with Crippen LogP contribution in [0.15, 0.2) is 73.1 Å². The Bertz CT molecular complexity index is 1150. The van der Waals surface area contributed by atoms with Crippen molar-refractivity contribution in [2.75, 3.05) is 0 Å². The topological polar surface area (TPSA) is 70.7 Å². The van der Waals surface area contributed by atoms with Crippen molar-refractivity contribution >= 4 is 5.91 Å². The summed E-state index contributed by atoms with van der Waals surface area (Å²) in [7, 11) is 0. The van der Waals surface area contributed by atoms with Crippen LogP contribution < -0.4 is 5.32 Å². The normalized spacial score (nSPS) is 10.7. The number of nitrogens with one attached hydrogen (secondary N) is 2. The van der Waals surface area contributed by atoms with E-state index in [-0.39, 0.29) is 11.7 Å². The number of nitrogens with zero attached hydrogens (tertiary/aromatic N) is 2. The Morgan fingerprint density at radius 3 is 2.37 bits per heavy atom. The highest BCUT2D eigenvalue weighted by atomic mass is 19.1. The Balaban J connectivity index is 1.69. The van der Waals surface area contributed by atoms with Crippen molar-refractivity contribution in [3.63, 3.8) is 0 Å². The first-order valence-electron chi connectivity index (χ1n) is 9.77. The molecule has 0 radical (unpaired) electrons. The summed E-state index contributed by atoms with van der Waals surface area (Å²) in [5.41, 5.74) is 5.40. The van der Waals surface area contributed by atoms with Gasteiger partial charge in [0.2, 0.25) is 0 Å². The number of amides is 1. The van der Waals surface area contributed by atoms with Gasteiger partial charge in [-0.3, -0.25) is 14.9 Å². The van der Waals surface area contributed by atoms with Gasteiger partial charge in [0.05, 0.1) is 0 Å². The van der Waals surface area contributed by atoms with Crippen LogP contribution in [0.5, 0.6) is 0 Å². The Labute approximate surface area is 174 Å². The van der Waals surface area contributed by atoms with Crippen LogP contribution in [0.3, 0.4) is 0 Å². The van der Waals surface area contributed by atoms with Crippen LogP contribution in [0, 0.1) is 5.82 Å². The molecule has 0 aliphatic rings.